The van der Waals surface area contributed by atoms with Gasteiger partial charge in [-0.25, -0.2) is 4.98 Å². The van der Waals surface area contributed by atoms with Crippen LogP contribution in [0.25, 0.3) is 11.3 Å². The van der Waals surface area contributed by atoms with E-state index in [1.54, 1.807) is 11.3 Å². The molecular weight excluding hydrogens is 302 g/mol. The first-order valence-corrected chi connectivity index (χ1v) is 9.04. The molecular formula is C14H19N5S2. The van der Waals surface area contributed by atoms with Crippen molar-refractivity contribution in [3.63, 3.8) is 0 Å². The third kappa shape index (κ3) is 2.33. The van der Waals surface area contributed by atoms with Gasteiger partial charge < -0.3 is 10.6 Å². The minimum Gasteiger partial charge on any atom is -0.382 e. The molecule has 5 nitrogen and oxygen atoms in total. The maximum absolute atomic E-state index is 6.12. The van der Waals surface area contributed by atoms with E-state index in [0.29, 0.717) is 11.9 Å². The normalized spacial score (nSPS) is 22.7. The minimum absolute atomic E-state index is 0.620. The van der Waals surface area contributed by atoms with E-state index in [9.17, 15) is 0 Å². The predicted octanol–water partition coefficient (Wildman–Crippen LogP) is 2.44. The van der Waals surface area contributed by atoms with Gasteiger partial charge in [-0.05, 0) is 37.8 Å². The number of aryl methyl sites for hydroxylation is 1. The molecule has 2 N–H and O–H groups in total. The topological polar surface area (TPSA) is 58.3 Å². The highest BCUT2D eigenvalue weighted by atomic mass is 32.1. The third-order valence-corrected chi connectivity index (χ3v) is 6.15. The predicted molar refractivity (Wildman–Crippen MR) is 89.2 cm³/mol. The molecule has 7 heteroatoms. The first kappa shape index (κ1) is 13.5. The zero-order valence-corrected chi connectivity index (χ0v) is 13.7. The number of nitrogens with zero attached hydrogens (tertiary/aromatic N) is 4. The van der Waals surface area contributed by atoms with E-state index in [-0.39, 0.29) is 0 Å². The second-order valence-electron chi connectivity index (χ2n) is 5.78. The lowest BCUT2D eigenvalue weighted by atomic mass is 10.1. The molecule has 2 aromatic rings. The van der Waals surface area contributed by atoms with Crippen molar-refractivity contribution in [1.29, 1.82) is 0 Å². The summed E-state index contributed by atoms with van der Waals surface area (Å²) in [5, 5.41) is 4.36. The van der Waals surface area contributed by atoms with E-state index in [2.05, 4.69) is 24.5 Å². The number of hydrogen-bond acceptors (Lipinski definition) is 7. The monoisotopic (exact) mass is 321 g/mol. The van der Waals surface area contributed by atoms with Gasteiger partial charge in [0.1, 0.15) is 10.8 Å². The van der Waals surface area contributed by atoms with Gasteiger partial charge in [0.2, 0.25) is 0 Å². The molecule has 4 rings (SSSR count). The Bertz CT molecular complexity index is 650. The zero-order valence-electron chi connectivity index (χ0n) is 12.1. The van der Waals surface area contributed by atoms with Crippen LogP contribution in [0.3, 0.4) is 0 Å². The summed E-state index contributed by atoms with van der Waals surface area (Å²) >= 11 is 3.18. The Hall–Kier alpha value is -1.18. The fourth-order valence-electron chi connectivity index (χ4n) is 3.40. The third-order valence-electron chi connectivity index (χ3n) is 4.45. The van der Waals surface area contributed by atoms with Crippen LogP contribution in [-0.2, 0) is 0 Å². The molecule has 0 spiro atoms. The largest absolute Gasteiger partial charge is 0.382 e. The molecule has 0 aromatic carbocycles. The minimum atomic E-state index is 0.620. The number of hydrogen-bond donors (Lipinski definition) is 1. The standard InChI is InChI=1S/C14H19N5S2/c1-9-16-11(8-20-9)12-13(15)17-21-14(12)19-6-5-18-4-2-3-10(18)7-19/h8,10H,2-7H2,1H3,(H2,15,17). The van der Waals surface area contributed by atoms with Gasteiger partial charge in [0.05, 0.1) is 16.3 Å². The van der Waals surface area contributed by atoms with Gasteiger partial charge in [-0.3, -0.25) is 4.90 Å². The van der Waals surface area contributed by atoms with Crippen LogP contribution >= 0.6 is 22.9 Å². The van der Waals surface area contributed by atoms with Gasteiger partial charge in [-0.2, -0.15) is 4.37 Å². The first-order valence-electron chi connectivity index (χ1n) is 7.39. The fourth-order valence-corrected chi connectivity index (χ4v) is 4.87. The maximum Gasteiger partial charge on any atom is 0.148 e. The summed E-state index contributed by atoms with van der Waals surface area (Å²) in [6.07, 6.45) is 2.65. The van der Waals surface area contributed by atoms with E-state index in [0.717, 1.165) is 35.9 Å². The van der Waals surface area contributed by atoms with Crippen LogP contribution in [0.15, 0.2) is 5.38 Å². The Morgan fingerprint density at radius 1 is 1.33 bits per heavy atom. The Morgan fingerprint density at radius 2 is 2.24 bits per heavy atom. The molecule has 2 aliphatic rings. The van der Waals surface area contributed by atoms with Crippen molar-refractivity contribution in [2.24, 2.45) is 0 Å². The molecule has 0 saturated carbocycles. The highest BCUT2D eigenvalue weighted by molar-refractivity contribution is 7.11. The second kappa shape index (κ2) is 5.23. The maximum atomic E-state index is 6.12. The number of anilines is 2. The van der Waals surface area contributed by atoms with Crippen LogP contribution in [0.4, 0.5) is 10.8 Å². The summed E-state index contributed by atoms with van der Waals surface area (Å²) in [5.41, 5.74) is 8.14. The quantitative estimate of drug-likeness (QED) is 0.920. The highest BCUT2D eigenvalue weighted by Gasteiger charge is 2.32. The molecule has 2 fully saturated rings. The first-order chi connectivity index (χ1) is 10.2. The van der Waals surface area contributed by atoms with Crippen molar-refractivity contribution in [3.05, 3.63) is 10.4 Å². The summed E-state index contributed by atoms with van der Waals surface area (Å²) in [6.45, 7) is 6.60. The average molecular weight is 321 g/mol. The van der Waals surface area contributed by atoms with E-state index in [1.807, 2.05) is 6.92 Å². The number of nitrogens with two attached hydrogens (primary N) is 1. The number of aromatic nitrogens is 2. The second-order valence-corrected chi connectivity index (χ2v) is 7.59. The molecule has 0 radical (unpaired) electrons. The van der Waals surface area contributed by atoms with Crippen molar-refractivity contribution in [1.82, 2.24) is 14.3 Å². The van der Waals surface area contributed by atoms with Gasteiger partial charge in [-0.15, -0.1) is 11.3 Å². The molecule has 112 valence electrons. The number of piperazine rings is 1. The fraction of sp³-hybridized carbons (Fsp3) is 0.571. The lowest BCUT2D eigenvalue weighted by Gasteiger charge is -2.38. The Labute approximate surface area is 132 Å². The van der Waals surface area contributed by atoms with Gasteiger partial charge in [0.15, 0.2) is 0 Å². The number of nitrogen functional groups attached to an aromatic ring is 1. The molecule has 1 atom stereocenters. The summed E-state index contributed by atoms with van der Waals surface area (Å²) in [6, 6.07) is 0.701. The van der Waals surface area contributed by atoms with Crippen molar-refractivity contribution in [2.75, 3.05) is 36.8 Å². The molecule has 21 heavy (non-hydrogen) atoms. The van der Waals surface area contributed by atoms with Crippen molar-refractivity contribution >= 4 is 33.7 Å². The highest BCUT2D eigenvalue weighted by Crippen LogP contribution is 2.40. The van der Waals surface area contributed by atoms with Crippen molar-refractivity contribution < 1.29 is 0 Å². The van der Waals surface area contributed by atoms with Crippen molar-refractivity contribution in [2.45, 2.75) is 25.8 Å². The molecule has 0 aliphatic carbocycles. The Kier molecular flexibility index (Phi) is 3.35. The van der Waals surface area contributed by atoms with Crippen LogP contribution in [0.5, 0.6) is 0 Å². The average Bonchev–Trinajstić information content (AvgIpc) is 3.17. The summed E-state index contributed by atoms with van der Waals surface area (Å²) in [5.74, 6) is 0.620. The van der Waals surface area contributed by atoms with E-state index < -0.39 is 0 Å². The Balaban J connectivity index is 1.66. The van der Waals surface area contributed by atoms with Gasteiger partial charge in [0.25, 0.3) is 0 Å². The SMILES string of the molecule is Cc1nc(-c2c(N)nsc2N2CCN3CCCC3C2)cs1. The van der Waals surface area contributed by atoms with Gasteiger partial charge in [-0.1, -0.05) is 0 Å². The van der Waals surface area contributed by atoms with Crippen LogP contribution in [0.1, 0.15) is 17.8 Å². The number of rotatable bonds is 2. The van der Waals surface area contributed by atoms with Gasteiger partial charge >= 0.3 is 0 Å². The number of fused-ring (bicyclic) bond motifs is 1. The van der Waals surface area contributed by atoms with Crippen LogP contribution in [0, 0.1) is 6.92 Å². The summed E-state index contributed by atoms with van der Waals surface area (Å²) in [7, 11) is 0. The van der Waals surface area contributed by atoms with E-state index >= 15 is 0 Å². The van der Waals surface area contributed by atoms with Crippen LogP contribution in [0.2, 0.25) is 0 Å². The van der Waals surface area contributed by atoms with Crippen LogP contribution < -0.4 is 10.6 Å². The molecule has 0 amide bonds. The molecule has 2 saturated heterocycles. The summed E-state index contributed by atoms with van der Waals surface area (Å²) in [4.78, 5) is 9.69. The Morgan fingerprint density at radius 3 is 3.05 bits per heavy atom. The molecule has 0 bridgehead atoms. The van der Waals surface area contributed by atoms with E-state index in [1.165, 1.54) is 35.9 Å². The zero-order chi connectivity index (χ0) is 14.4. The smallest absolute Gasteiger partial charge is 0.148 e. The lowest BCUT2D eigenvalue weighted by molar-refractivity contribution is 0.231. The van der Waals surface area contributed by atoms with Crippen LogP contribution in [-0.4, -0.2) is 46.5 Å². The molecule has 4 heterocycles. The van der Waals surface area contributed by atoms with Gasteiger partial charge in [0, 0.05) is 31.1 Å². The molecule has 2 aromatic heterocycles. The number of thiazole rings is 1. The van der Waals surface area contributed by atoms with E-state index in [4.69, 9.17) is 5.73 Å². The summed E-state index contributed by atoms with van der Waals surface area (Å²) < 4.78 is 4.39. The lowest BCUT2D eigenvalue weighted by Crippen LogP contribution is -2.50. The molecule has 2 aliphatic heterocycles. The molecule has 1 unspecified atom stereocenters. The van der Waals surface area contributed by atoms with Crippen molar-refractivity contribution in [3.8, 4) is 11.3 Å².